The van der Waals surface area contributed by atoms with E-state index in [1.165, 1.54) is 18.3 Å². The molecule has 5 heteroatoms. The molecule has 0 aromatic heterocycles. The van der Waals surface area contributed by atoms with Crippen molar-refractivity contribution in [3.05, 3.63) is 12.8 Å². The number of hydrogen-bond acceptors (Lipinski definition) is 3. The predicted molar refractivity (Wildman–Crippen MR) is 44.3 cm³/mol. The molecule has 0 radical (unpaired) electrons. The van der Waals surface area contributed by atoms with Crippen molar-refractivity contribution in [1.82, 2.24) is 4.90 Å². The minimum absolute atomic E-state index is 0.176. The van der Waals surface area contributed by atoms with Crippen LogP contribution in [0.25, 0.3) is 0 Å². The molecule has 0 unspecified atom stereocenters. The van der Waals surface area contributed by atoms with Gasteiger partial charge in [0.2, 0.25) is 0 Å². The summed E-state index contributed by atoms with van der Waals surface area (Å²) >= 11 is 0. The van der Waals surface area contributed by atoms with E-state index in [2.05, 4.69) is 6.58 Å². The third-order valence-electron chi connectivity index (χ3n) is 1.19. The number of nitrogens with two attached hydrogens (primary N) is 1. The summed E-state index contributed by atoms with van der Waals surface area (Å²) in [7, 11) is 1.49. The highest BCUT2D eigenvalue weighted by molar-refractivity contribution is 5.71. The first-order chi connectivity index (χ1) is 5.72. The maximum absolute atomic E-state index is 10.7. The van der Waals surface area contributed by atoms with Gasteiger partial charge in [-0.1, -0.05) is 6.58 Å². The van der Waals surface area contributed by atoms with Crippen LogP contribution in [0.15, 0.2) is 12.8 Å². The fraction of sp³-hybridized carbons (Fsp3) is 0.571. The van der Waals surface area contributed by atoms with Crippen LogP contribution in [0.1, 0.15) is 0 Å². The number of carbonyl (C=O) groups is 1. The number of hydrogen-bond donors (Lipinski definition) is 1. The number of rotatable bonds is 6. The zero-order valence-corrected chi connectivity index (χ0v) is 7.16. The largest absolute Gasteiger partial charge is 0.500 e. The molecular formula is C7H14N2O3. The molecule has 0 aromatic carbocycles. The lowest BCUT2D eigenvalue weighted by Gasteiger charge is -2.18. The molecule has 0 aromatic rings. The maximum atomic E-state index is 10.7. The van der Waals surface area contributed by atoms with Gasteiger partial charge in [0, 0.05) is 7.11 Å². The second kappa shape index (κ2) is 6.48. The van der Waals surface area contributed by atoms with Gasteiger partial charge in [0.1, 0.15) is 13.3 Å². The van der Waals surface area contributed by atoms with Crippen molar-refractivity contribution in [3.8, 4) is 0 Å². The Balaban J connectivity index is 3.63. The van der Waals surface area contributed by atoms with Crippen LogP contribution in [0.5, 0.6) is 0 Å². The summed E-state index contributed by atoms with van der Waals surface area (Å²) in [5, 5.41) is 0. The summed E-state index contributed by atoms with van der Waals surface area (Å²) in [6.07, 6.45) is 1.31. The van der Waals surface area contributed by atoms with Crippen molar-refractivity contribution in [1.29, 1.82) is 0 Å². The van der Waals surface area contributed by atoms with Crippen molar-refractivity contribution in [2.75, 3.05) is 27.0 Å². The zero-order chi connectivity index (χ0) is 9.40. The molecule has 0 rings (SSSR count). The monoisotopic (exact) mass is 174 g/mol. The molecule has 2 N–H and O–H groups in total. The molecule has 0 aliphatic rings. The van der Waals surface area contributed by atoms with Gasteiger partial charge in [-0.25, -0.2) is 4.79 Å². The lowest BCUT2D eigenvalue weighted by atomic mass is 10.6. The first kappa shape index (κ1) is 10.8. The number of primary amides is 1. The van der Waals surface area contributed by atoms with Crippen molar-refractivity contribution in [2.45, 2.75) is 0 Å². The Kier molecular flexibility index (Phi) is 5.81. The number of carbonyl (C=O) groups excluding carboxylic acids is 1. The fourth-order valence-electron chi connectivity index (χ4n) is 0.640. The Labute approximate surface area is 71.7 Å². The molecule has 0 saturated heterocycles. The lowest BCUT2D eigenvalue weighted by molar-refractivity contribution is 0.0729. The summed E-state index contributed by atoms with van der Waals surface area (Å²) in [4.78, 5) is 12.0. The van der Waals surface area contributed by atoms with Crippen LogP contribution < -0.4 is 5.73 Å². The van der Waals surface area contributed by atoms with Gasteiger partial charge in [0.15, 0.2) is 0 Å². The van der Waals surface area contributed by atoms with Gasteiger partial charge >= 0.3 is 6.03 Å². The third kappa shape index (κ3) is 4.56. The minimum Gasteiger partial charge on any atom is -0.500 e. The van der Waals surface area contributed by atoms with E-state index in [4.69, 9.17) is 15.2 Å². The van der Waals surface area contributed by atoms with Crippen molar-refractivity contribution >= 4 is 6.03 Å². The van der Waals surface area contributed by atoms with Gasteiger partial charge < -0.3 is 15.2 Å². The van der Waals surface area contributed by atoms with Crippen LogP contribution >= 0.6 is 0 Å². The molecule has 2 amide bonds. The highest BCUT2D eigenvalue weighted by Gasteiger charge is 2.07. The lowest BCUT2D eigenvalue weighted by Crippen LogP contribution is -2.39. The Morgan fingerprint density at radius 1 is 1.75 bits per heavy atom. The van der Waals surface area contributed by atoms with Gasteiger partial charge in [-0.15, -0.1) is 0 Å². The smallest absolute Gasteiger partial charge is 0.316 e. The van der Waals surface area contributed by atoms with E-state index in [9.17, 15) is 4.79 Å². The summed E-state index contributed by atoms with van der Waals surface area (Å²) in [6, 6.07) is -0.524. The van der Waals surface area contributed by atoms with Crippen LogP contribution in [0.3, 0.4) is 0 Å². The molecule has 0 heterocycles. The topological polar surface area (TPSA) is 64.8 Å². The number of ether oxygens (including phenoxy) is 2. The Hall–Kier alpha value is -1.23. The predicted octanol–water partition coefficient (Wildman–Crippen LogP) is 0.131. The van der Waals surface area contributed by atoms with Crippen molar-refractivity contribution in [3.63, 3.8) is 0 Å². The van der Waals surface area contributed by atoms with Gasteiger partial charge in [-0.05, 0) is 0 Å². The summed E-state index contributed by atoms with van der Waals surface area (Å²) in [5.41, 5.74) is 5.03. The third-order valence-corrected chi connectivity index (χ3v) is 1.19. The molecule has 0 bridgehead atoms. The second-order valence-corrected chi connectivity index (χ2v) is 2.06. The van der Waals surface area contributed by atoms with Gasteiger partial charge in [0.05, 0.1) is 12.8 Å². The van der Waals surface area contributed by atoms with Crippen LogP contribution in [0.2, 0.25) is 0 Å². The van der Waals surface area contributed by atoms with Crippen LogP contribution in [0.4, 0.5) is 4.79 Å². The van der Waals surface area contributed by atoms with E-state index in [-0.39, 0.29) is 6.73 Å². The van der Waals surface area contributed by atoms with Crippen LogP contribution in [-0.2, 0) is 9.47 Å². The van der Waals surface area contributed by atoms with E-state index < -0.39 is 6.03 Å². The summed E-state index contributed by atoms with van der Waals surface area (Å²) in [6.45, 7) is 4.31. The quantitative estimate of drug-likeness (QED) is 0.353. The molecular weight excluding hydrogens is 160 g/mol. The second-order valence-electron chi connectivity index (χ2n) is 2.06. The highest BCUT2D eigenvalue weighted by atomic mass is 16.5. The van der Waals surface area contributed by atoms with E-state index in [0.29, 0.717) is 13.2 Å². The van der Waals surface area contributed by atoms with Crippen LogP contribution in [0, 0.1) is 0 Å². The zero-order valence-electron chi connectivity index (χ0n) is 7.16. The molecule has 0 saturated carbocycles. The molecule has 5 nitrogen and oxygen atoms in total. The Morgan fingerprint density at radius 2 is 2.42 bits per heavy atom. The first-order valence-electron chi connectivity index (χ1n) is 3.48. The van der Waals surface area contributed by atoms with Gasteiger partial charge in [-0.2, -0.15) is 0 Å². The maximum Gasteiger partial charge on any atom is 0.316 e. The average molecular weight is 174 g/mol. The number of nitrogens with zero attached hydrogens (tertiary/aromatic N) is 1. The molecule has 0 spiro atoms. The standard InChI is InChI=1S/C7H14N2O3/c1-3-12-5-4-9(6-11-2)7(8)10/h3H,1,4-6H2,2H3,(H2,8,10). The van der Waals surface area contributed by atoms with Gasteiger partial charge in [-0.3, -0.25) is 4.90 Å². The number of amides is 2. The van der Waals surface area contributed by atoms with Crippen LogP contribution in [-0.4, -0.2) is 37.9 Å². The fourth-order valence-corrected chi connectivity index (χ4v) is 0.640. The first-order valence-corrected chi connectivity index (χ1v) is 3.48. The molecule has 12 heavy (non-hydrogen) atoms. The molecule has 0 fully saturated rings. The SMILES string of the molecule is C=COCCN(COC)C(N)=O. The molecule has 0 aliphatic heterocycles. The summed E-state index contributed by atoms with van der Waals surface area (Å²) in [5.74, 6) is 0. The molecule has 70 valence electrons. The Bertz CT molecular complexity index is 150. The normalized spacial score (nSPS) is 9.08. The van der Waals surface area contributed by atoms with E-state index >= 15 is 0 Å². The average Bonchev–Trinajstić information content (AvgIpc) is 2.03. The van der Waals surface area contributed by atoms with Crippen molar-refractivity contribution in [2.24, 2.45) is 5.73 Å². The van der Waals surface area contributed by atoms with Crippen molar-refractivity contribution < 1.29 is 14.3 Å². The Morgan fingerprint density at radius 3 is 2.83 bits per heavy atom. The van der Waals surface area contributed by atoms with E-state index in [0.717, 1.165) is 0 Å². The molecule has 0 aliphatic carbocycles. The minimum atomic E-state index is -0.524. The highest BCUT2D eigenvalue weighted by Crippen LogP contribution is 1.88. The van der Waals surface area contributed by atoms with E-state index in [1.807, 2.05) is 0 Å². The van der Waals surface area contributed by atoms with Gasteiger partial charge in [0.25, 0.3) is 0 Å². The van der Waals surface area contributed by atoms with E-state index in [1.54, 1.807) is 0 Å². The molecule has 0 atom stereocenters. The number of urea groups is 1. The summed E-state index contributed by atoms with van der Waals surface area (Å²) < 4.78 is 9.56. The number of methoxy groups -OCH3 is 1.